The summed E-state index contributed by atoms with van der Waals surface area (Å²) in [4.78, 5) is 6.78. The molecular formula is C17H29N3O. The molecule has 1 aromatic rings. The van der Waals surface area contributed by atoms with E-state index in [1.807, 2.05) is 18.3 Å². The topological polar surface area (TPSA) is 37.4 Å². The minimum atomic E-state index is 0.673. The number of pyridine rings is 1. The van der Waals surface area contributed by atoms with Crippen LogP contribution in [0.2, 0.25) is 0 Å². The maximum atomic E-state index is 5.80. The molecule has 0 aliphatic carbocycles. The molecule has 1 aromatic heterocycles. The number of nitrogens with zero attached hydrogens (tertiary/aromatic N) is 2. The molecule has 1 saturated heterocycles. The molecule has 1 N–H and O–H groups in total. The highest BCUT2D eigenvalue weighted by Crippen LogP contribution is 2.11. The fourth-order valence-corrected chi connectivity index (χ4v) is 2.61. The molecule has 4 nitrogen and oxygen atoms in total. The molecule has 0 saturated carbocycles. The van der Waals surface area contributed by atoms with Crippen molar-refractivity contribution in [1.82, 2.24) is 15.2 Å². The molecule has 0 radical (unpaired) electrons. The minimum absolute atomic E-state index is 0.673. The van der Waals surface area contributed by atoms with Gasteiger partial charge in [-0.1, -0.05) is 20.3 Å². The van der Waals surface area contributed by atoms with Gasteiger partial charge in [-0.2, -0.15) is 0 Å². The summed E-state index contributed by atoms with van der Waals surface area (Å²) in [6.07, 6.45) is 5.87. The van der Waals surface area contributed by atoms with Gasteiger partial charge in [-0.25, -0.2) is 4.98 Å². The Morgan fingerprint density at radius 2 is 2.10 bits per heavy atom. The van der Waals surface area contributed by atoms with E-state index in [2.05, 4.69) is 29.0 Å². The first-order valence-electron chi connectivity index (χ1n) is 8.25. The van der Waals surface area contributed by atoms with E-state index in [0.29, 0.717) is 5.92 Å². The van der Waals surface area contributed by atoms with E-state index >= 15 is 0 Å². The van der Waals surface area contributed by atoms with Gasteiger partial charge in [-0.05, 0) is 50.0 Å². The van der Waals surface area contributed by atoms with E-state index in [1.165, 1.54) is 37.9 Å². The van der Waals surface area contributed by atoms with Crippen molar-refractivity contribution in [1.29, 1.82) is 0 Å². The molecule has 4 heteroatoms. The van der Waals surface area contributed by atoms with Crippen LogP contribution in [-0.4, -0.2) is 42.7 Å². The smallest absolute Gasteiger partial charge is 0.213 e. The van der Waals surface area contributed by atoms with Crippen LogP contribution in [-0.2, 0) is 6.54 Å². The number of nitrogens with one attached hydrogen (secondary N) is 1. The lowest BCUT2D eigenvalue weighted by Crippen LogP contribution is -2.33. The van der Waals surface area contributed by atoms with E-state index in [1.54, 1.807) is 0 Å². The average Bonchev–Trinajstić information content (AvgIpc) is 2.48. The summed E-state index contributed by atoms with van der Waals surface area (Å²) in [5.41, 5.74) is 1.23. The maximum Gasteiger partial charge on any atom is 0.213 e. The lowest BCUT2D eigenvalue weighted by Gasteiger charge is -2.26. The number of aromatic nitrogens is 1. The van der Waals surface area contributed by atoms with Gasteiger partial charge in [0.25, 0.3) is 0 Å². The third-order valence-electron chi connectivity index (χ3n) is 3.79. The lowest BCUT2D eigenvalue weighted by atomic mass is 10.1. The van der Waals surface area contributed by atoms with Crippen molar-refractivity contribution in [2.75, 3.05) is 32.8 Å². The first-order chi connectivity index (χ1) is 10.2. The number of hydrogen-bond acceptors (Lipinski definition) is 4. The Balaban J connectivity index is 1.70. The number of hydrogen-bond donors (Lipinski definition) is 1. The van der Waals surface area contributed by atoms with E-state index in [-0.39, 0.29) is 0 Å². The Kier molecular flexibility index (Phi) is 6.96. The molecule has 0 spiro atoms. The zero-order valence-electron chi connectivity index (χ0n) is 13.5. The third-order valence-corrected chi connectivity index (χ3v) is 3.79. The van der Waals surface area contributed by atoms with Crippen molar-refractivity contribution in [3.8, 4) is 5.88 Å². The zero-order chi connectivity index (χ0) is 14.9. The highest BCUT2D eigenvalue weighted by Gasteiger charge is 2.09. The molecule has 0 aromatic carbocycles. The summed E-state index contributed by atoms with van der Waals surface area (Å²) >= 11 is 0. The van der Waals surface area contributed by atoms with Gasteiger partial charge in [-0.15, -0.1) is 0 Å². The molecule has 1 fully saturated rings. The van der Waals surface area contributed by atoms with Gasteiger partial charge in [0.15, 0.2) is 0 Å². The Morgan fingerprint density at radius 3 is 2.86 bits per heavy atom. The zero-order valence-corrected chi connectivity index (χ0v) is 13.5. The lowest BCUT2D eigenvalue weighted by molar-refractivity contribution is 0.180. The van der Waals surface area contributed by atoms with Crippen LogP contribution in [0.25, 0.3) is 0 Å². The molecule has 21 heavy (non-hydrogen) atoms. The summed E-state index contributed by atoms with van der Waals surface area (Å²) in [5, 5.41) is 3.44. The fraction of sp³-hybridized carbons (Fsp3) is 0.706. The standard InChI is InChI=1S/C17H29N3O/c1-15(2)13-18-14-16-6-7-19-17(12-16)21-11-10-20-8-4-3-5-9-20/h6-7,12,15,18H,3-5,8-11,13-14H2,1-2H3. The van der Waals surface area contributed by atoms with Crippen molar-refractivity contribution < 1.29 is 4.74 Å². The SMILES string of the molecule is CC(C)CNCc1ccnc(OCCN2CCCCC2)c1. The van der Waals surface area contributed by atoms with Crippen molar-refractivity contribution in [2.45, 2.75) is 39.7 Å². The first kappa shape index (κ1) is 16.2. The number of rotatable bonds is 8. The van der Waals surface area contributed by atoms with Gasteiger partial charge in [0, 0.05) is 25.4 Å². The first-order valence-corrected chi connectivity index (χ1v) is 8.25. The van der Waals surface area contributed by atoms with Crippen molar-refractivity contribution in [3.05, 3.63) is 23.9 Å². The van der Waals surface area contributed by atoms with Crippen LogP contribution in [0.15, 0.2) is 18.3 Å². The van der Waals surface area contributed by atoms with Gasteiger partial charge in [0.2, 0.25) is 5.88 Å². The van der Waals surface area contributed by atoms with Crippen LogP contribution in [0.3, 0.4) is 0 Å². The molecule has 0 atom stereocenters. The molecule has 2 heterocycles. The Labute approximate surface area is 128 Å². The van der Waals surface area contributed by atoms with E-state index in [4.69, 9.17) is 4.74 Å². The average molecular weight is 291 g/mol. The number of likely N-dealkylation sites (tertiary alicyclic amines) is 1. The molecule has 1 aliphatic heterocycles. The fourth-order valence-electron chi connectivity index (χ4n) is 2.61. The van der Waals surface area contributed by atoms with E-state index in [0.717, 1.165) is 32.1 Å². The second-order valence-electron chi connectivity index (χ2n) is 6.28. The van der Waals surface area contributed by atoms with Crippen molar-refractivity contribution >= 4 is 0 Å². The van der Waals surface area contributed by atoms with E-state index < -0.39 is 0 Å². The van der Waals surface area contributed by atoms with E-state index in [9.17, 15) is 0 Å². The van der Waals surface area contributed by atoms with Crippen molar-refractivity contribution in [3.63, 3.8) is 0 Å². The molecule has 118 valence electrons. The van der Waals surface area contributed by atoms with Gasteiger partial charge in [0.05, 0.1) is 0 Å². The van der Waals surface area contributed by atoms with Gasteiger partial charge in [0.1, 0.15) is 6.61 Å². The van der Waals surface area contributed by atoms with Crippen LogP contribution in [0, 0.1) is 5.92 Å². The molecule has 1 aliphatic rings. The van der Waals surface area contributed by atoms with Crippen LogP contribution in [0.5, 0.6) is 5.88 Å². The van der Waals surface area contributed by atoms with Crippen molar-refractivity contribution in [2.24, 2.45) is 5.92 Å². The normalized spacial score (nSPS) is 16.3. The second-order valence-corrected chi connectivity index (χ2v) is 6.28. The number of ether oxygens (including phenoxy) is 1. The summed E-state index contributed by atoms with van der Waals surface area (Å²) in [6, 6.07) is 4.09. The highest BCUT2D eigenvalue weighted by atomic mass is 16.5. The van der Waals surface area contributed by atoms with Crippen LogP contribution in [0.4, 0.5) is 0 Å². The van der Waals surface area contributed by atoms with Gasteiger partial charge < -0.3 is 10.1 Å². The van der Waals surface area contributed by atoms with Gasteiger partial charge >= 0.3 is 0 Å². The maximum absolute atomic E-state index is 5.80. The third kappa shape index (κ3) is 6.44. The molecule has 0 unspecified atom stereocenters. The van der Waals surface area contributed by atoms with Crippen LogP contribution < -0.4 is 10.1 Å². The Hall–Kier alpha value is -1.13. The summed E-state index contributed by atoms with van der Waals surface area (Å²) < 4.78 is 5.80. The predicted octanol–water partition coefficient (Wildman–Crippen LogP) is 2.69. The summed E-state index contributed by atoms with van der Waals surface area (Å²) in [5.74, 6) is 1.42. The minimum Gasteiger partial charge on any atom is -0.476 e. The summed E-state index contributed by atoms with van der Waals surface area (Å²) in [7, 11) is 0. The largest absolute Gasteiger partial charge is 0.476 e. The Morgan fingerprint density at radius 1 is 1.29 bits per heavy atom. The predicted molar refractivity (Wildman–Crippen MR) is 86.6 cm³/mol. The molecule has 0 amide bonds. The second kappa shape index (κ2) is 9.00. The highest BCUT2D eigenvalue weighted by molar-refractivity contribution is 5.20. The van der Waals surface area contributed by atoms with Crippen LogP contribution >= 0.6 is 0 Å². The van der Waals surface area contributed by atoms with Gasteiger partial charge in [-0.3, -0.25) is 4.90 Å². The summed E-state index contributed by atoms with van der Waals surface area (Å²) in [6.45, 7) is 10.5. The molecular weight excluding hydrogens is 262 g/mol. The number of piperidine rings is 1. The molecule has 0 bridgehead atoms. The quantitative estimate of drug-likeness (QED) is 0.799. The van der Waals surface area contributed by atoms with Crippen LogP contribution in [0.1, 0.15) is 38.7 Å². The monoisotopic (exact) mass is 291 g/mol. The Bertz CT molecular complexity index is 403. The molecule has 2 rings (SSSR count).